The van der Waals surface area contributed by atoms with Crippen molar-refractivity contribution in [3.8, 4) is 12.3 Å². The van der Waals surface area contributed by atoms with Gasteiger partial charge in [-0.25, -0.2) is 4.79 Å². The van der Waals surface area contributed by atoms with Gasteiger partial charge in [-0.1, -0.05) is 23.7 Å². The number of carboxylic acid groups (broad SMARTS) is 1. The zero-order chi connectivity index (χ0) is 12.8. The van der Waals surface area contributed by atoms with Crippen molar-refractivity contribution in [3.63, 3.8) is 0 Å². The Morgan fingerprint density at radius 1 is 1.47 bits per heavy atom. The van der Waals surface area contributed by atoms with E-state index in [9.17, 15) is 9.59 Å². The molecule has 1 unspecified atom stereocenters. The Morgan fingerprint density at radius 2 is 2.12 bits per heavy atom. The van der Waals surface area contributed by atoms with Crippen molar-refractivity contribution in [2.24, 2.45) is 0 Å². The van der Waals surface area contributed by atoms with Crippen molar-refractivity contribution in [3.05, 3.63) is 34.9 Å². The van der Waals surface area contributed by atoms with E-state index >= 15 is 0 Å². The van der Waals surface area contributed by atoms with Crippen molar-refractivity contribution in [1.29, 1.82) is 0 Å². The van der Waals surface area contributed by atoms with Gasteiger partial charge in [0.25, 0.3) is 5.91 Å². The van der Waals surface area contributed by atoms with Gasteiger partial charge in [-0.2, -0.15) is 0 Å². The summed E-state index contributed by atoms with van der Waals surface area (Å²) >= 11 is 5.81. The summed E-state index contributed by atoms with van der Waals surface area (Å²) in [5.74, 6) is 0.457. The maximum Gasteiger partial charge on any atom is 0.327 e. The van der Waals surface area contributed by atoms with Crippen LogP contribution in [0.5, 0.6) is 0 Å². The van der Waals surface area contributed by atoms with Gasteiger partial charge in [0.05, 0.1) is 10.6 Å². The number of carbonyl (C=O) groups is 2. The molecule has 4 nitrogen and oxygen atoms in total. The van der Waals surface area contributed by atoms with E-state index < -0.39 is 17.9 Å². The third-order valence-electron chi connectivity index (χ3n) is 2.04. The second-order valence-electron chi connectivity index (χ2n) is 3.25. The Bertz CT molecular complexity index is 479. The number of aliphatic carboxylic acids is 1. The summed E-state index contributed by atoms with van der Waals surface area (Å²) < 4.78 is 0. The first-order chi connectivity index (χ1) is 8.06. The Balaban J connectivity index is 2.82. The normalized spacial score (nSPS) is 11.3. The molecule has 5 heteroatoms. The highest BCUT2D eigenvalue weighted by Gasteiger charge is 2.20. The maximum atomic E-state index is 11.7. The largest absolute Gasteiger partial charge is 0.480 e. The van der Waals surface area contributed by atoms with Gasteiger partial charge in [0.1, 0.15) is 6.04 Å². The number of nitrogens with one attached hydrogen (secondary N) is 1. The van der Waals surface area contributed by atoms with E-state index in [0.29, 0.717) is 0 Å². The molecule has 0 fully saturated rings. The summed E-state index contributed by atoms with van der Waals surface area (Å²) in [7, 11) is 0. The predicted molar refractivity (Wildman–Crippen MR) is 63.8 cm³/mol. The van der Waals surface area contributed by atoms with E-state index in [1.54, 1.807) is 18.2 Å². The molecule has 0 radical (unpaired) electrons. The van der Waals surface area contributed by atoms with Gasteiger partial charge in [-0.05, 0) is 12.1 Å². The lowest BCUT2D eigenvalue weighted by atomic mass is 10.1. The number of carboxylic acids is 1. The molecule has 0 aliphatic heterocycles. The molecule has 1 aromatic rings. The minimum atomic E-state index is -1.18. The highest BCUT2D eigenvalue weighted by Crippen LogP contribution is 2.14. The Hall–Kier alpha value is -1.99. The minimum absolute atomic E-state index is 0.0779. The van der Waals surface area contributed by atoms with Crippen LogP contribution in [0.25, 0.3) is 0 Å². The second-order valence-corrected chi connectivity index (χ2v) is 3.66. The fourth-order valence-electron chi connectivity index (χ4n) is 1.20. The number of amides is 1. The lowest BCUT2D eigenvalue weighted by molar-refractivity contribution is -0.139. The Labute approximate surface area is 104 Å². The highest BCUT2D eigenvalue weighted by molar-refractivity contribution is 6.33. The SMILES string of the molecule is C#CCC(NC(=O)c1ccccc1Cl)C(=O)O. The number of carbonyl (C=O) groups excluding carboxylic acids is 1. The van der Waals surface area contributed by atoms with Crippen LogP contribution < -0.4 is 5.32 Å². The maximum absolute atomic E-state index is 11.7. The zero-order valence-electron chi connectivity index (χ0n) is 8.81. The molecule has 0 saturated heterocycles. The molecule has 0 saturated carbocycles. The third-order valence-corrected chi connectivity index (χ3v) is 2.37. The average Bonchev–Trinajstić information content (AvgIpc) is 2.28. The summed E-state index contributed by atoms with van der Waals surface area (Å²) in [6.07, 6.45) is 4.94. The Kier molecular flexibility index (Phi) is 4.56. The van der Waals surface area contributed by atoms with Gasteiger partial charge in [0, 0.05) is 6.42 Å². The second kappa shape index (κ2) is 5.92. The number of halogens is 1. The van der Waals surface area contributed by atoms with Gasteiger partial charge in [0.2, 0.25) is 0 Å². The highest BCUT2D eigenvalue weighted by atomic mass is 35.5. The van der Waals surface area contributed by atoms with Crippen molar-refractivity contribution in [2.45, 2.75) is 12.5 Å². The lowest BCUT2D eigenvalue weighted by Gasteiger charge is -2.12. The average molecular weight is 252 g/mol. The van der Waals surface area contributed by atoms with Crippen molar-refractivity contribution >= 4 is 23.5 Å². The summed E-state index contributed by atoms with van der Waals surface area (Å²) in [5.41, 5.74) is 0.220. The van der Waals surface area contributed by atoms with Crippen LogP contribution in [0.1, 0.15) is 16.8 Å². The summed E-state index contributed by atoms with van der Waals surface area (Å²) in [6, 6.07) is 5.26. The van der Waals surface area contributed by atoms with Crippen LogP contribution in [0.3, 0.4) is 0 Å². The van der Waals surface area contributed by atoms with Gasteiger partial charge in [-0.15, -0.1) is 12.3 Å². The van der Waals surface area contributed by atoms with E-state index in [4.69, 9.17) is 23.1 Å². The quantitative estimate of drug-likeness (QED) is 0.798. The van der Waals surface area contributed by atoms with Crippen LogP contribution in [0, 0.1) is 12.3 Å². The van der Waals surface area contributed by atoms with Crippen LogP contribution in [-0.2, 0) is 4.79 Å². The molecule has 0 aliphatic carbocycles. The van der Waals surface area contributed by atoms with E-state index in [-0.39, 0.29) is 17.0 Å². The number of terminal acetylenes is 1. The van der Waals surface area contributed by atoms with Gasteiger partial charge in [-0.3, -0.25) is 4.79 Å². The molecule has 0 heterocycles. The fourth-order valence-corrected chi connectivity index (χ4v) is 1.42. The number of hydrogen-bond acceptors (Lipinski definition) is 2. The molecule has 2 N–H and O–H groups in total. The van der Waals surface area contributed by atoms with Crippen molar-refractivity contribution in [1.82, 2.24) is 5.32 Å². The van der Waals surface area contributed by atoms with Crippen LogP contribution >= 0.6 is 11.6 Å². The van der Waals surface area contributed by atoms with E-state index in [0.717, 1.165) is 0 Å². The Morgan fingerprint density at radius 3 is 2.65 bits per heavy atom. The molecule has 0 aliphatic rings. The zero-order valence-corrected chi connectivity index (χ0v) is 9.57. The first-order valence-corrected chi connectivity index (χ1v) is 5.15. The molecule has 17 heavy (non-hydrogen) atoms. The number of benzene rings is 1. The van der Waals surface area contributed by atoms with Crippen molar-refractivity contribution < 1.29 is 14.7 Å². The standard InChI is InChI=1S/C12H10ClNO3/c1-2-5-10(12(16)17)14-11(15)8-6-3-4-7-9(8)13/h1,3-4,6-7,10H,5H2,(H,14,15)(H,16,17). The molecule has 1 atom stereocenters. The molecule has 1 rings (SSSR count). The summed E-state index contributed by atoms with van der Waals surface area (Å²) in [5, 5.41) is 11.4. The molecular weight excluding hydrogens is 242 g/mol. The number of rotatable bonds is 4. The van der Waals surface area contributed by atoms with Crippen molar-refractivity contribution in [2.75, 3.05) is 0 Å². The summed E-state index contributed by atoms with van der Waals surface area (Å²) in [6.45, 7) is 0. The topological polar surface area (TPSA) is 66.4 Å². The molecule has 1 amide bonds. The monoisotopic (exact) mass is 251 g/mol. The fraction of sp³-hybridized carbons (Fsp3) is 0.167. The predicted octanol–water partition coefficient (Wildman–Crippen LogP) is 1.55. The minimum Gasteiger partial charge on any atom is -0.480 e. The van der Waals surface area contributed by atoms with E-state index in [1.807, 2.05) is 0 Å². The van der Waals surface area contributed by atoms with Crippen LogP contribution in [0.4, 0.5) is 0 Å². The smallest absolute Gasteiger partial charge is 0.327 e. The van der Waals surface area contributed by atoms with E-state index in [1.165, 1.54) is 6.07 Å². The van der Waals surface area contributed by atoms with E-state index in [2.05, 4.69) is 11.2 Å². The first-order valence-electron chi connectivity index (χ1n) is 4.78. The van der Waals surface area contributed by atoms with Crippen LogP contribution in [0.2, 0.25) is 5.02 Å². The molecule has 88 valence electrons. The first kappa shape index (κ1) is 13.1. The number of hydrogen-bond donors (Lipinski definition) is 2. The molecule has 0 aromatic heterocycles. The van der Waals surface area contributed by atoms with Gasteiger partial charge >= 0.3 is 5.97 Å². The van der Waals surface area contributed by atoms with Crippen LogP contribution in [-0.4, -0.2) is 23.0 Å². The third kappa shape index (κ3) is 3.51. The lowest BCUT2D eigenvalue weighted by Crippen LogP contribution is -2.40. The molecule has 0 spiro atoms. The molecular formula is C12H10ClNO3. The van der Waals surface area contributed by atoms with Gasteiger partial charge in [0.15, 0.2) is 0 Å². The molecule has 1 aromatic carbocycles. The summed E-state index contributed by atoms with van der Waals surface area (Å²) in [4.78, 5) is 22.5. The molecule has 0 bridgehead atoms. The van der Waals surface area contributed by atoms with Crippen LogP contribution in [0.15, 0.2) is 24.3 Å². The van der Waals surface area contributed by atoms with Gasteiger partial charge < -0.3 is 10.4 Å².